The maximum atomic E-state index is 11.3. The number of hydrazine groups is 1. The van der Waals surface area contributed by atoms with Crippen LogP contribution in [0.5, 0.6) is 0 Å². The first-order valence-corrected chi connectivity index (χ1v) is 5.25. The molecule has 0 spiro atoms. The maximum Gasteiger partial charge on any atom is 0.426 e. The van der Waals surface area contributed by atoms with Crippen LogP contribution in [0.15, 0.2) is 24.3 Å². The van der Waals surface area contributed by atoms with Crippen LogP contribution in [0, 0.1) is 0 Å². The molecule has 0 saturated carbocycles. The Kier molecular flexibility index (Phi) is 4.01. The number of nitrogens with one attached hydrogen (secondary N) is 2. The van der Waals surface area contributed by atoms with Crippen LogP contribution in [0.3, 0.4) is 0 Å². The van der Waals surface area contributed by atoms with Crippen LogP contribution in [-0.4, -0.2) is 11.7 Å². The molecule has 0 bridgehead atoms. The third-order valence-corrected chi connectivity index (χ3v) is 1.80. The Morgan fingerprint density at radius 3 is 2.31 bits per heavy atom. The summed E-state index contributed by atoms with van der Waals surface area (Å²) in [5.41, 5.74) is 5.36. The van der Waals surface area contributed by atoms with Gasteiger partial charge in [0.05, 0.1) is 5.69 Å². The smallest absolute Gasteiger partial charge is 0.426 e. The van der Waals surface area contributed by atoms with Crippen molar-refractivity contribution in [2.24, 2.45) is 0 Å². The largest absolute Gasteiger partial charge is 0.443 e. The number of hydrogen-bond donors (Lipinski definition) is 2. The molecule has 2 N–H and O–H groups in total. The predicted octanol–water partition coefficient (Wildman–Crippen LogP) is 3.19. The minimum Gasteiger partial charge on any atom is -0.443 e. The van der Waals surface area contributed by atoms with Crippen LogP contribution in [-0.2, 0) is 4.74 Å². The third kappa shape index (κ3) is 4.89. The fourth-order valence-electron chi connectivity index (χ4n) is 0.960. The molecule has 1 rings (SSSR count). The zero-order valence-corrected chi connectivity index (χ0v) is 10.3. The minimum atomic E-state index is -0.526. The Bertz CT molecular complexity index is 357. The summed E-state index contributed by atoms with van der Waals surface area (Å²) in [4.78, 5) is 11.3. The highest BCUT2D eigenvalue weighted by Crippen LogP contribution is 2.12. The molecule has 0 heterocycles. The first-order chi connectivity index (χ1) is 7.37. The lowest BCUT2D eigenvalue weighted by atomic mass is 10.2. The number of anilines is 1. The molecule has 1 aromatic rings. The fraction of sp³-hybridized carbons (Fsp3) is 0.364. The van der Waals surface area contributed by atoms with Gasteiger partial charge in [-0.15, -0.1) is 0 Å². The van der Waals surface area contributed by atoms with E-state index >= 15 is 0 Å². The van der Waals surface area contributed by atoms with Gasteiger partial charge in [-0.25, -0.2) is 10.2 Å². The van der Waals surface area contributed by atoms with Crippen LogP contribution in [0.4, 0.5) is 10.5 Å². The number of amides is 1. The van der Waals surface area contributed by atoms with Crippen molar-refractivity contribution in [2.45, 2.75) is 26.4 Å². The van der Waals surface area contributed by atoms with E-state index in [0.29, 0.717) is 5.02 Å². The molecule has 1 aromatic carbocycles. The molecule has 0 aliphatic carbocycles. The number of hydrogen-bond acceptors (Lipinski definition) is 3. The van der Waals surface area contributed by atoms with Crippen molar-refractivity contribution in [1.82, 2.24) is 5.43 Å². The van der Waals surface area contributed by atoms with Crippen molar-refractivity contribution in [2.75, 3.05) is 5.43 Å². The first kappa shape index (κ1) is 12.6. The lowest BCUT2D eigenvalue weighted by molar-refractivity contribution is 0.0541. The molecule has 0 aromatic heterocycles. The van der Waals surface area contributed by atoms with Gasteiger partial charge in [0.25, 0.3) is 0 Å². The van der Waals surface area contributed by atoms with Gasteiger partial charge in [0, 0.05) is 5.02 Å². The highest BCUT2D eigenvalue weighted by atomic mass is 35.5. The van der Waals surface area contributed by atoms with Gasteiger partial charge in [-0.05, 0) is 45.0 Å². The number of carbonyl (C=O) groups excluding carboxylic acids is 1. The normalized spacial score (nSPS) is 10.8. The summed E-state index contributed by atoms with van der Waals surface area (Å²) in [5.74, 6) is 0. The van der Waals surface area contributed by atoms with Gasteiger partial charge in [0.1, 0.15) is 5.60 Å². The molecule has 16 heavy (non-hydrogen) atoms. The van der Waals surface area contributed by atoms with Crippen molar-refractivity contribution in [3.05, 3.63) is 29.3 Å². The minimum absolute atomic E-state index is 0.508. The summed E-state index contributed by atoms with van der Waals surface area (Å²) in [6, 6.07) is 6.95. The quantitative estimate of drug-likeness (QED) is 0.783. The Hall–Kier alpha value is -1.42. The Labute approximate surface area is 99.9 Å². The Balaban J connectivity index is 2.40. The van der Waals surface area contributed by atoms with E-state index in [0.717, 1.165) is 5.69 Å². The molecule has 0 saturated heterocycles. The van der Waals surface area contributed by atoms with Crippen molar-refractivity contribution in [1.29, 1.82) is 0 Å². The summed E-state index contributed by atoms with van der Waals surface area (Å²) < 4.78 is 5.04. The molecule has 1 amide bonds. The van der Waals surface area contributed by atoms with Crippen molar-refractivity contribution >= 4 is 23.4 Å². The second-order valence-corrected chi connectivity index (χ2v) is 4.70. The SMILES string of the molecule is CC(C)(C)OC(=O)NNc1ccc(Cl)cc1. The third-order valence-electron chi connectivity index (χ3n) is 1.55. The van der Waals surface area contributed by atoms with Crippen molar-refractivity contribution in [3.63, 3.8) is 0 Å². The van der Waals surface area contributed by atoms with Crippen LogP contribution in [0.1, 0.15) is 20.8 Å². The average Bonchev–Trinajstić information content (AvgIpc) is 2.14. The van der Waals surface area contributed by atoms with E-state index < -0.39 is 11.7 Å². The molecule has 0 fully saturated rings. The zero-order valence-electron chi connectivity index (χ0n) is 9.50. The summed E-state index contributed by atoms with van der Waals surface area (Å²) >= 11 is 5.72. The van der Waals surface area contributed by atoms with E-state index in [-0.39, 0.29) is 0 Å². The molecule has 0 atom stereocenters. The fourth-order valence-corrected chi connectivity index (χ4v) is 1.09. The number of carbonyl (C=O) groups is 1. The van der Waals surface area contributed by atoms with Crippen molar-refractivity contribution < 1.29 is 9.53 Å². The molecule has 88 valence electrons. The first-order valence-electron chi connectivity index (χ1n) is 4.87. The van der Waals surface area contributed by atoms with E-state index in [1.54, 1.807) is 45.0 Å². The van der Waals surface area contributed by atoms with Gasteiger partial charge in [-0.3, -0.25) is 5.43 Å². The average molecular weight is 243 g/mol. The van der Waals surface area contributed by atoms with Gasteiger partial charge in [0.15, 0.2) is 0 Å². The van der Waals surface area contributed by atoms with Crippen LogP contribution < -0.4 is 10.9 Å². The van der Waals surface area contributed by atoms with E-state index in [9.17, 15) is 4.79 Å². The Morgan fingerprint density at radius 2 is 1.81 bits per heavy atom. The summed E-state index contributed by atoms with van der Waals surface area (Å²) in [6.45, 7) is 5.40. The van der Waals surface area contributed by atoms with Gasteiger partial charge >= 0.3 is 6.09 Å². The second-order valence-electron chi connectivity index (χ2n) is 4.26. The molecule has 0 unspecified atom stereocenters. The summed E-state index contributed by atoms with van der Waals surface area (Å²) in [5, 5.41) is 0.641. The molecule has 0 aliphatic rings. The van der Waals surface area contributed by atoms with Gasteiger partial charge in [-0.2, -0.15) is 0 Å². The van der Waals surface area contributed by atoms with E-state index in [2.05, 4.69) is 10.9 Å². The van der Waals surface area contributed by atoms with Crippen LogP contribution in [0.2, 0.25) is 5.02 Å². The van der Waals surface area contributed by atoms with Gasteiger partial charge in [0.2, 0.25) is 0 Å². The van der Waals surface area contributed by atoms with Crippen LogP contribution >= 0.6 is 11.6 Å². The number of ether oxygens (including phenoxy) is 1. The maximum absolute atomic E-state index is 11.3. The second kappa shape index (κ2) is 5.07. The molecular formula is C11H15ClN2O2. The summed E-state index contributed by atoms with van der Waals surface area (Å²) in [7, 11) is 0. The predicted molar refractivity (Wildman–Crippen MR) is 64.4 cm³/mol. The number of halogens is 1. The standard InChI is InChI=1S/C11H15ClN2O2/c1-11(2,3)16-10(15)14-13-9-6-4-8(12)5-7-9/h4-7,13H,1-3H3,(H,14,15). The van der Waals surface area contributed by atoms with E-state index in [1.165, 1.54) is 0 Å². The van der Waals surface area contributed by atoms with E-state index in [1.807, 2.05) is 0 Å². The highest BCUT2D eigenvalue weighted by molar-refractivity contribution is 6.30. The zero-order chi connectivity index (χ0) is 12.2. The molecule has 0 aliphatic heterocycles. The highest BCUT2D eigenvalue weighted by Gasteiger charge is 2.15. The lowest BCUT2D eigenvalue weighted by Gasteiger charge is -2.20. The molecule has 5 heteroatoms. The van der Waals surface area contributed by atoms with Crippen LogP contribution in [0.25, 0.3) is 0 Å². The number of benzene rings is 1. The van der Waals surface area contributed by atoms with Gasteiger partial charge < -0.3 is 4.74 Å². The topological polar surface area (TPSA) is 50.4 Å². The van der Waals surface area contributed by atoms with Crippen molar-refractivity contribution in [3.8, 4) is 0 Å². The lowest BCUT2D eigenvalue weighted by Crippen LogP contribution is -2.35. The monoisotopic (exact) mass is 242 g/mol. The Morgan fingerprint density at radius 1 is 1.25 bits per heavy atom. The molecule has 0 radical (unpaired) electrons. The molecular weight excluding hydrogens is 228 g/mol. The van der Waals surface area contributed by atoms with E-state index in [4.69, 9.17) is 16.3 Å². The van der Waals surface area contributed by atoms with Gasteiger partial charge in [-0.1, -0.05) is 11.6 Å². The number of rotatable bonds is 2. The summed E-state index contributed by atoms with van der Waals surface area (Å²) in [6.07, 6.45) is -0.526. The molecule has 4 nitrogen and oxygen atoms in total.